The van der Waals surface area contributed by atoms with E-state index in [1.807, 2.05) is 7.05 Å². The van der Waals surface area contributed by atoms with E-state index in [4.69, 9.17) is 0 Å². The summed E-state index contributed by atoms with van der Waals surface area (Å²) < 4.78 is 38.3. The van der Waals surface area contributed by atoms with Crippen LogP contribution in [0.1, 0.15) is 23.5 Å². The van der Waals surface area contributed by atoms with Gasteiger partial charge in [-0.25, -0.2) is 0 Å². The third-order valence-electron chi connectivity index (χ3n) is 3.70. The van der Waals surface area contributed by atoms with Crippen LogP contribution >= 0.6 is 11.8 Å². The summed E-state index contributed by atoms with van der Waals surface area (Å²) in [7, 11) is 1.90. The van der Waals surface area contributed by atoms with Gasteiger partial charge in [0.1, 0.15) is 0 Å². The minimum absolute atomic E-state index is 0.363. The molecule has 1 aromatic heterocycles. The van der Waals surface area contributed by atoms with E-state index in [2.05, 4.69) is 10.3 Å². The molecule has 0 amide bonds. The van der Waals surface area contributed by atoms with Crippen molar-refractivity contribution in [2.24, 2.45) is 0 Å². The first-order chi connectivity index (χ1) is 9.50. The van der Waals surface area contributed by atoms with E-state index in [0.717, 1.165) is 29.1 Å². The molecule has 2 heterocycles. The highest BCUT2D eigenvalue weighted by molar-refractivity contribution is 7.99. The van der Waals surface area contributed by atoms with Crippen molar-refractivity contribution in [2.45, 2.75) is 23.5 Å². The summed E-state index contributed by atoms with van der Waals surface area (Å²) >= 11 is 1.69. The molecule has 0 radical (unpaired) electrons. The number of thioether (sulfide) groups is 1. The van der Waals surface area contributed by atoms with Crippen molar-refractivity contribution >= 4 is 22.7 Å². The molecular formula is C14H15F3N2S. The molecule has 0 saturated heterocycles. The molecule has 0 spiro atoms. The lowest BCUT2D eigenvalue weighted by Crippen LogP contribution is -2.20. The summed E-state index contributed by atoms with van der Waals surface area (Å²) in [4.78, 5) is 3.15. The van der Waals surface area contributed by atoms with E-state index in [1.54, 1.807) is 17.8 Å². The van der Waals surface area contributed by atoms with E-state index in [-0.39, 0.29) is 0 Å². The predicted octanol–water partition coefficient (Wildman–Crippen LogP) is 3.99. The summed E-state index contributed by atoms with van der Waals surface area (Å²) in [5, 5.41) is 5.10. The Bertz CT molecular complexity index is 633. The topological polar surface area (TPSA) is 27.8 Å². The van der Waals surface area contributed by atoms with Gasteiger partial charge in [-0.15, -0.1) is 11.8 Å². The second-order valence-electron chi connectivity index (χ2n) is 5.02. The van der Waals surface area contributed by atoms with Crippen molar-refractivity contribution < 1.29 is 13.2 Å². The van der Waals surface area contributed by atoms with Crippen LogP contribution in [0.5, 0.6) is 0 Å². The molecule has 0 bridgehead atoms. The lowest BCUT2D eigenvalue weighted by molar-refractivity contribution is -0.137. The number of nitrogens with one attached hydrogen (secondary N) is 2. The Morgan fingerprint density at radius 3 is 2.90 bits per heavy atom. The van der Waals surface area contributed by atoms with Gasteiger partial charge in [0.05, 0.1) is 10.6 Å². The summed E-state index contributed by atoms with van der Waals surface area (Å²) in [5.74, 6) is 1.36. The summed E-state index contributed by atoms with van der Waals surface area (Å²) in [5.41, 5.74) is 1.15. The number of rotatable bonds is 2. The lowest BCUT2D eigenvalue weighted by atomic mass is 9.95. The molecular weight excluding hydrogens is 285 g/mol. The first-order valence-electron chi connectivity index (χ1n) is 6.51. The Morgan fingerprint density at radius 2 is 2.20 bits per heavy atom. The second kappa shape index (κ2) is 5.00. The van der Waals surface area contributed by atoms with Gasteiger partial charge >= 0.3 is 6.18 Å². The van der Waals surface area contributed by atoms with Crippen LogP contribution < -0.4 is 5.32 Å². The quantitative estimate of drug-likeness (QED) is 0.878. The maximum atomic E-state index is 12.8. The smallest absolute Gasteiger partial charge is 0.349 e. The van der Waals surface area contributed by atoms with Crippen molar-refractivity contribution in [1.29, 1.82) is 0 Å². The number of aromatic amines is 1. The number of hydrogen-bond donors (Lipinski definition) is 2. The number of aromatic nitrogens is 1. The van der Waals surface area contributed by atoms with Crippen LogP contribution in [0.25, 0.3) is 10.9 Å². The number of alkyl halides is 3. The summed E-state index contributed by atoms with van der Waals surface area (Å²) in [6.45, 7) is 0.849. The fourth-order valence-corrected chi connectivity index (χ4v) is 4.01. The summed E-state index contributed by atoms with van der Waals surface area (Å²) in [6, 6.07) is 3.98. The van der Waals surface area contributed by atoms with Gasteiger partial charge in [0.2, 0.25) is 0 Å². The zero-order valence-electron chi connectivity index (χ0n) is 11.0. The van der Waals surface area contributed by atoms with Gasteiger partial charge in [0, 0.05) is 29.1 Å². The van der Waals surface area contributed by atoms with E-state index >= 15 is 0 Å². The molecule has 3 rings (SSSR count). The normalized spacial score (nSPS) is 19.3. The Labute approximate surface area is 119 Å². The molecule has 2 aromatic rings. The van der Waals surface area contributed by atoms with E-state index in [0.29, 0.717) is 11.4 Å². The molecule has 0 saturated carbocycles. The van der Waals surface area contributed by atoms with E-state index in [1.165, 1.54) is 17.7 Å². The number of likely N-dealkylation sites (N-methyl/N-ethyl adjacent to an activating group) is 1. The second-order valence-corrected chi connectivity index (χ2v) is 6.12. The van der Waals surface area contributed by atoms with Crippen LogP contribution in [-0.4, -0.2) is 24.3 Å². The molecule has 1 atom stereocenters. The highest BCUT2D eigenvalue weighted by Crippen LogP contribution is 2.42. The average molecular weight is 300 g/mol. The third kappa shape index (κ3) is 2.31. The van der Waals surface area contributed by atoms with Gasteiger partial charge in [-0.05, 0) is 31.2 Å². The fourth-order valence-electron chi connectivity index (χ4n) is 2.79. The highest BCUT2D eigenvalue weighted by Gasteiger charge is 2.32. The van der Waals surface area contributed by atoms with Crippen molar-refractivity contribution in [1.82, 2.24) is 10.3 Å². The molecule has 1 aromatic carbocycles. The SMILES string of the molecule is CNCC1CCSc2[nH]c3cc(C(F)(F)F)ccc3c21. The molecule has 6 heteroatoms. The van der Waals surface area contributed by atoms with Crippen molar-refractivity contribution in [3.8, 4) is 0 Å². The molecule has 20 heavy (non-hydrogen) atoms. The molecule has 1 aliphatic heterocycles. The Balaban J connectivity index is 2.12. The van der Waals surface area contributed by atoms with Crippen LogP contribution in [0, 0.1) is 0 Å². The lowest BCUT2D eigenvalue weighted by Gasteiger charge is -2.22. The number of benzene rings is 1. The Morgan fingerprint density at radius 1 is 1.40 bits per heavy atom. The predicted molar refractivity (Wildman–Crippen MR) is 75.3 cm³/mol. The highest BCUT2D eigenvalue weighted by atomic mass is 32.2. The van der Waals surface area contributed by atoms with Crippen molar-refractivity contribution in [3.63, 3.8) is 0 Å². The number of halogens is 3. The number of fused-ring (bicyclic) bond motifs is 3. The van der Waals surface area contributed by atoms with Crippen LogP contribution in [0.15, 0.2) is 23.2 Å². The average Bonchev–Trinajstić information content (AvgIpc) is 2.76. The number of hydrogen-bond acceptors (Lipinski definition) is 2. The Hall–Kier alpha value is -1.14. The fraction of sp³-hybridized carbons (Fsp3) is 0.429. The minimum Gasteiger partial charge on any atom is -0.349 e. The maximum Gasteiger partial charge on any atom is 0.416 e. The molecule has 108 valence electrons. The molecule has 1 unspecified atom stereocenters. The van der Waals surface area contributed by atoms with Crippen LogP contribution in [-0.2, 0) is 6.18 Å². The standard InChI is InChI=1S/C14H15F3N2S/c1-18-7-8-4-5-20-13-12(8)10-3-2-9(14(15,16)17)6-11(10)19-13/h2-3,6,8,18-19H,4-5,7H2,1H3. The molecule has 1 aliphatic rings. The minimum atomic E-state index is -4.29. The van der Waals surface area contributed by atoms with Crippen molar-refractivity contribution in [2.75, 3.05) is 19.3 Å². The van der Waals surface area contributed by atoms with Gasteiger partial charge in [-0.3, -0.25) is 0 Å². The number of H-pyrrole nitrogens is 1. The molecule has 2 nitrogen and oxygen atoms in total. The van der Waals surface area contributed by atoms with Gasteiger partial charge in [-0.1, -0.05) is 6.07 Å². The Kier molecular flexibility index (Phi) is 3.46. The monoisotopic (exact) mass is 300 g/mol. The first kappa shape index (κ1) is 13.8. The van der Waals surface area contributed by atoms with Crippen LogP contribution in [0.2, 0.25) is 0 Å². The van der Waals surface area contributed by atoms with Crippen LogP contribution in [0.3, 0.4) is 0 Å². The van der Waals surface area contributed by atoms with Gasteiger partial charge in [0.25, 0.3) is 0 Å². The molecule has 0 aliphatic carbocycles. The van der Waals surface area contributed by atoms with E-state index < -0.39 is 11.7 Å². The molecule has 2 N–H and O–H groups in total. The first-order valence-corrected chi connectivity index (χ1v) is 7.49. The third-order valence-corrected chi connectivity index (χ3v) is 4.75. The molecule has 0 fully saturated rings. The van der Waals surface area contributed by atoms with Gasteiger partial charge in [-0.2, -0.15) is 13.2 Å². The van der Waals surface area contributed by atoms with E-state index in [9.17, 15) is 13.2 Å². The van der Waals surface area contributed by atoms with Gasteiger partial charge in [0.15, 0.2) is 0 Å². The summed E-state index contributed by atoms with van der Waals surface area (Å²) in [6.07, 6.45) is -3.25. The largest absolute Gasteiger partial charge is 0.416 e. The maximum absolute atomic E-state index is 12.8. The van der Waals surface area contributed by atoms with Gasteiger partial charge < -0.3 is 10.3 Å². The zero-order valence-corrected chi connectivity index (χ0v) is 11.8. The van der Waals surface area contributed by atoms with Crippen molar-refractivity contribution in [3.05, 3.63) is 29.3 Å². The zero-order chi connectivity index (χ0) is 14.3. The van der Waals surface area contributed by atoms with Crippen LogP contribution in [0.4, 0.5) is 13.2 Å².